The molecule has 1 aliphatic rings. The molecule has 2 nitrogen and oxygen atoms in total. The van der Waals surface area contributed by atoms with Gasteiger partial charge in [0.2, 0.25) is 0 Å². The van der Waals surface area contributed by atoms with Gasteiger partial charge in [-0.25, -0.2) is 0 Å². The Kier molecular flexibility index (Phi) is 4.20. The third kappa shape index (κ3) is 4.10. The molecule has 1 aliphatic heterocycles. The van der Waals surface area contributed by atoms with E-state index in [2.05, 4.69) is 20.9 Å². The van der Waals surface area contributed by atoms with Crippen molar-refractivity contribution >= 4 is 0 Å². The van der Waals surface area contributed by atoms with E-state index < -0.39 is 0 Å². The van der Waals surface area contributed by atoms with E-state index in [1.54, 1.807) is 0 Å². The number of quaternary nitrogens is 1. The van der Waals surface area contributed by atoms with Crippen molar-refractivity contribution in [3.05, 3.63) is 0 Å². The van der Waals surface area contributed by atoms with Crippen LogP contribution >= 0.6 is 0 Å². The summed E-state index contributed by atoms with van der Waals surface area (Å²) in [5.41, 5.74) is 0. The van der Waals surface area contributed by atoms with Crippen LogP contribution in [0.25, 0.3) is 0 Å². The maximum Gasteiger partial charge on any atom is 0.102 e. The summed E-state index contributed by atoms with van der Waals surface area (Å²) in [6.07, 6.45) is 4.62. The van der Waals surface area contributed by atoms with E-state index >= 15 is 0 Å². The number of hydrogen-bond donors (Lipinski definition) is 0. The Morgan fingerprint density at radius 2 is 1.77 bits per heavy atom. The van der Waals surface area contributed by atoms with Crippen molar-refractivity contribution in [1.29, 1.82) is 0 Å². The number of piperidine rings is 1. The Morgan fingerprint density at radius 3 is 2.31 bits per heavy atom. The lowest BCUT2D eigenvalue weighted by Gasteiger charge is -2.37. The fourth-order valence-electron chi connectivity index (χ4n) is 2.01. The van der Waals surface area contributed by atoms with Gasteiger partial charge in [0.25, 0.3) is 0 Å². The summed E-state index contributed by atoms with van der Waals surface area (Å²) in [6, 6.07) is 0. The Hall–Kier alpha value is -0.0800. The predicted molar refractivity (Wildman–Crippen MR) is 55.7 cm³/mol. The van der Waals surface area contributed by atoms with Crippen molar-refractivity contribution in [3.63, 3.8) is 0 Å². The molecule has 2 heteroatoms. The Balaban J connectivity index is 2.17. The molecule has 0 bridgehead atoms. The molecule has 0 aromatic rings. The number of rotatable bonds is 4. The van der Waals surface area contributed by atoms with Crippen molar-refractivity contribution in [2.24, 2.45) is 0 Å². The zero-order valence-corrected chi connectivity index (χ0v) is 9.38. The lowest BCUT2D eigenvalue weighted by Crippen LogP contribution is -2.49. The second-order valence-corrected chi connectivity index (χ2v) is 4.77. The second kappa shape index (κ2) is 4.97. The molecule has 0 unspecified atom stereocenters. The first-order valence-corrected chi connectivity index (χ1v) is 5.57. The van der Waals surface area contributed by atoms with Gasteiger partial charge in [0.05, 0.1) is 32.8 Å². The van der Waals surface area contributed by atoms with Gasteiger partial charge in [-0.15, -0.1) is 0 Å². The van der Waals surface area contributed by atoms with Crippen LogP contribution in [0.3, 0.4) is 0 Å². The summed E-state index contributed by atoms with van der Waals surface area (Å²) in [7, 11) is 2.36. The third-order valence-electron chi connectivity index (χ3n) is 2.98. The summed E-state index contributed by atoms with van der Waals surface area (Å²) in [5.74, 6) is 0. The smallest absolute Gasteiger partial charge is 0.102 e. The van der Waals surface area contributed by atoms with Gasteiger partial charge in [-0.3, -0.25) is 0 Å². The van der Waals surface area contributed by atoms with E-state index in [9.17, 15) is 0 Å². The van der Waals surface area contributed by atoms with Gasteiger partial charge >= 0.3 is 0 Å². The number of likely N-dealkylation sites (tertiary alicyclic amines) is 1. The van der Waals surface area contributed by atoms with Crippen molar-refractivity contribution in [2.45, 2.75) is 39.2 Å². The summed E-state index contributed by atoms with van der Waals surface area (Å²) >= 11 is 0. The van der Waals surface area contributed by atoms with Gasteiger partial charge in [0.15, 0.2) is 0 Å². The average molecular weight is 186 g/mol. The number of likely N-dealkylation sites (N-methyl/N-ethyl adjacent to an activating group) is 1. The molecule has 78 valence electrons. The third-order valence-corrected chi connectivity index (χ3v) is 2.98. The molecule has 1 rings (SSSR count). The number of nitrogens with zero attached hydrogens (tertiary/aromatic N) is 1. The molecule has 0 aromatic heterocycles. The monoisotopic (exact) mass is 186 g/mol. The van der Waals surface area contributed by atoms with Gasteiger partial charge in [0.1, 0.15) is 6.54 Å². The Bertz CT molecular complexity index is 139. The minimum Gasteiger partial charge on any atom is -0.373 e. The van der Waals surface area contributed by atoms with Crippen LogP contribution < -0.4 is 0 Å². The van der Waals surface area contributed by atoms with E-state index in [4.69, 9.17) is 4.74 Å². The molecular weight excluding hydrogens is 162 g/mol. The Labute approximate surface area is 82.5 Å². The minimum atomic E-state index is 0.386. The molecule has 1 heterocycles. The van der Waals surface area contributed by atoms with Crippen LogP contribution in [0.5, 0.6) is 0 Å². The molecule has 0 radical (unpaired) electrons. The van der Waals surface area contributed by atoms with E-state index in [1.807, 2.05) is 0 Å². The molecule has 0 N–H and O–H groups in total. The molecule has 0 saturated carbocycles. The summed E-state index contributed by atoms with van der Waals surface area (Å²) in [4.78, 5) is 0. The highest BCUT2D eigenvalue weighted by atomic mass is 16.5. The normalized spacial score (nSPS) is 22.2. The zero-order chi connectivity index (χ0) is 9.73. The van der Waals surface area contributed by atoms with Crippen LogP contribution in [0.2, 0.25) is 0 Å². The number of ether oxygens (including phenoxy) is 1. The highest BCUT2D eigenvalue weighted by Gasteiger charge is 2.23. The van der Waals surface area contributed by atoms with Crippen LogP contribution in [-0.4, -0.2) is 43.9 Å². The molecular formula is C11H24NO+. The fraction of sp³-hybridized carbons (Fsp3) is 1.00. The van der Waals surface area contributed by atoms with Crippen molar-refractivity contribution in [3.8, 4) is 0 Å². The quantitative estimate of drug-likeness (QED) is 0.611. The van der Waals surface area contributed by atoms with E-state index in [1.165, 1.54) is 43.4 Å². The van der Waals surface area contributed by atoms with Gasteiger partial charge in [-0.05, 0) is 33.1 Å². The maximum absolute atomic E-state index is 5.59. The average Bonchev–Trinajstić information content (AvgIpc) is 2.04. The van der Waals surface area contributed by atoms with Gasteiger partial charge < -0.3 is 9.22 Å². The van der Waals surface area contributed by atoms with Crippen molar-refractivity contribution < 1.29 is 9.22 Å². The fourth-order valence-corrected chi connectivity index (χ4v) is 2.01. The van der Waals surface area contributed by atoms with Gasteiger partial charge in [0, 0.05) is 0 Å². The maximum atomic E-state index is 5.59. The van der Waals surface area contributed by atoms with Crippen LogP contribution in [0, 0.1) is 0 Å². The molecule has 1 fully saturated rings. The molecule has 0 amide bonds. The first kappa shape index (κ1) is 11.0. The van der Waals surface area contributed by atoms with Crippen LogP contribution in [0.1, 0.15) is 33.1 Å². The van der Waals surface area contributed by atoms with E-state index in [-0.39, 0.29) is 0 Å². The van der Waals surface area contributed by atoms with Crippen LogP contribution in [0.15, 0.2) is 0 Å². The summed E-state index contributed by atoms with van der Waals surface area (Å²) in [6.45, 7) is 9.03. The molecule has 1 saturated heterocycles. The molecule has 0 aliphatic carbocycles. The van der Waals surface area contributed by atoms with Gasteiger partial charge in [-0.2, -0.15) is 0 Å². The molecule has 0 atom stereocenters. The highest BCUT2D eigenvalue weighted by Crippen LogP contribution is 2.15. The largest absolute Gasteiger partial charge is 0.373 e. The lowest BCUT2D eigenvalue weighted by molar-refractivity contribution is -0.914. The first-order valence-electron chi connectivity index (χ1n) is 5.57. The second-order valence-electron chi connectivity index (χ2n) is 4.77. The molecule has 0 spiro atoms. The van der Waals surface area contributed by atoms with Crippen molar-refractivity contribution in [2.75, 3.05) is 33.3 Å². The summed E-state index contributed by atoms with van der Waals surface area (Å²) < 4.78 is 6.82. The highest BCUT2D eigenvalue weighted by molar-refractivity contribution is 4.51. The zero-order valence-electron chi connectivity index (χ0n) is 9.38. The first-order chi connectivity index (χ1) is 6.12. The molecule has 13 heavy (non-hydrogen) atoms. The lowest BCUT2D eigenvalue weighted by atomic mass is 10.1. The molecule has 0 aromatic carbocycles. The SMILES string of the molecule is CC(C)OCC[N+]1(C)CCCCC1. The minimum absolute atomic E-state index is 0.386. The Morgan fingerprint density at radius 1 is 1.15 bits per heavy atom. The van der Waals surface area contributed by atoms with Crippen LogP contribution in [-0.2, 0) is 4.74 Å². The standard InChI is InChI=1S/C11H24NO/c1-11(2)13-10-9-12(3)7-5-4-6-8-12/h11H,4-10H2,1-3H3/q+1. The number of hydrogen-bond acceptors (Lipinski definition) is 1. The predicted octanol–water partition coefficient (Wildman–Crippen LogP) is 2.04. The van der Waals surface area contributed by atoms with Crippen LogP contribution in [0.4, 0.5) is 0 Å². The van der Waals surface area contributed by atoms with Crippen molar-refractivity contribution in [1.82, 2.24) is 0 Å². The van der Waals surface area contributed by atoms with E-state index in [0.29, 0.717) is 6.10 Å². The topological polar surface area (TPSA) is 9.23 Å². The van der Waals surface area contributed by atoms with Gasteiger partial charge in [-0.1, -0.05) is 0 Å². The summed E-state index contributed by atoms with van der Waals surface area (Å²) in [5, 5.41) is 0. The van der Waals surface area contributed by atoms with E-state index in [0.717, 1.165) is 6.61 Å².